The predicted molar refractivity (Wildman–Crippen MR) is 83.1 cm³/mol. The fraction of sp³-hybridized carbons (Fsp3) is 0.600. The number of rotatable bonds is 7. The molecule has 0 spiro atoms. The second-order valence-corrected chi connectivity index (χ2v) is 7.36. The zero-order valence-electron chi connectivity index (χ0n) is 13.1. The first-order valence-corrected chi connectivity index (χ1v) is 8.53. The van der Waals surface area contributed by atoms with Crippen LogP contribution >= 0.6 is 0 Å². The van der Waals surface area contributed by atoms with E-state index in [-0.39, 0.29) is 12.0 Å². The standard InChI is InChI=1S/C15H26N2O2S/c1-6-16-11-14-9-7-8-10-15(14)20(18,19)17(5)13(4)12(2)3/h7-10,12-13,16H,6,11H2,1-5H3. The molecule has 0 amide bonds. The molecular weight excluding hydrogens is 272 g/mol. The summed E-state index contributed by atoms with van der Waals surface area (Å²) in [5, 5.41) is 3.18. The molecule has 0 saturated carbocycles. The van der Waals surface area contributed by atoms with Crippen LogP contribution in [-0.4, -0.2) is 32.4 Å². The van der Waals surface area contributed by atoms with E-state index < -0.39 is 10.0 Å². The highest BCUT2D eigenvalue weighted by Crippen LogP contribution is 2.23. The maximum atomic E-state index is 12.8. The van der Waals surface area contributed by atoms with E-state index in [2.05, 4.69) is 5.32 Å². The van der Waals surface area contributed by atoms with Gasteiger partial charge in [0.25, 0.3) is 0 Å². The van der Waals surface area contributed by atoms with Crippen LogP contribution in [-0.2, 0) is 16.6 Å². The molecule has 0 fully saturated rings. The Hall–Kier alpha value is -0.910. The van der Waals surface area contributed by atoms with Crippen LogP contribution in [0.4, 0.5) is 0 Å². The van der Waals surface area contributed by atoms with Gasteiger partial charge < -0.3 is 5.32 Å². The molecule has 1 rings (SSSR count). The fourth-order valence-corrected chi connectivity index (χ4v) is 3.67. The number of hydrogen-bond donors (Lipinski definition) is 1. The maximum absolute atomic E-state index is 12.8. The van der Waals surface area contributed by atoms with Crippen molar-refractivity contribution in [2.24, 2.45) is 5.92 Å². The van der Waals surface area contributed by atoms with Crippen molar-refractivity contribution in [2.75, 3.05) is 13.6 Å². The van der Waals surface area contributed by atoms with E-state index in [1.807, 2.05) is 39.8 Å². The van der Waals surface area contributed by atoms with Crippen molar-refractivity contribution in [3.05, 3.63) is 29.8 Å². The second kappa shape index (κ2) is 7.20. The minimum atomic E-state index is -3.45. The summed E-state index contributed by atoms with van der Waals surface area (Å²) < 4.78 is 27.0. The van der Waals surface area contributed by atoms with E-state index in [1.165, 1.54) is 4.31 Å². The molecule has 4 nitrogen and oxygen atoms in total. The van der Waals surface area contributed by atoms with Gasteiger partial charge in [-0.1, -0.05) is 39.0 Å². The van der Waals surface area contributed by atoms with Gasteiger partial charge in [-0.3, -0.25) is 0 Å². The first kappa shape index (κ1) is 17.1. The van der Waals surface area contributed by atoms with Crippen molar-refractivity contribution in [3.63, 3.8) is 0 Å². The molecule has 0 saturated heterocycles. The lowest BCUT2D eigenvalue weighted by Crippen LogP contribution is -2.38. The summed E-state index contributed by atoms with van der Waals surface area (Å²) >= 11 is 0. The third kappa shape index (κ3) is 3.81. The molecule has 0 heterocycles. The van der Waals surface area contributed by atoms with Crippen LogP contribution in [0.25, 0.3) is 0 Å². The molecule has 0 aromatic heterocycles. The molecule has 0 aliphatic carbocycles. The van der Waals surface area contributed by atoms with Crippen molar-refractivity contribution in [1.82, 2.24) is 9.62 Å². The molecule has 0 aliphatic rings. The van der Waals surface area contributed by atoms with Gasteiger partial charge >= 0.3 is 0 Å². The van der Waals surface area contributed by atoms with E-state index in [0.29, 0.717) is 11.4 Å². The highest BCUT2D eigenvalue weighted by molar-refractivity contribution is 7.89. The predicted octanol–water partition coefficient (Wildman–Crippen LogP) is 2.46. The van der Waals surface area contributed by atoms with E-state index in [4.69, 9.17) is 0 Å². The summed E-state index contributed by atoms with van der Waals surface area (Å²) in [6.45, 7) is 9.38. The van der Waals surface area contributed by atoms with Crippen LogP contribution in [0.3, 0.4) is 0 Å². The number of hydrogen-bond acceptors (Lipinski definition) is 3. The number of sulfonamides is 1. The molecule has 5 heteroatoms. The lowest BCUT2D eigenvalue weighted by atomic mass is 10.1. The molecule has 20 heavy (non-hydrogen) atoms. The lowest BCUT2D eigenvalue weighted by Gasteiger charge is -2.28. The lowest BCUT2D eigenvalue weighted by molar-refractivity contribution is 0.315. The molecule has 1 atom stereocenters. The second-order valence-electron chi connectivity index (χ2n) is 5.39. The van der Waals surface area contributed by atoms with Crippen molar-refractivity contribution >= 4 is 10.0 Å². The van der Waals surface area contributed by atoms with Crippen LogP contribution in [0.15, 0.2) is 29.2 Å². The highest BCUT2D eigenvalue weighted by atomic mass is 32.2. The number of nitrogens with one attached hydrogen (secondary N) is 1. The number of nitrogens with zero attached hydrogens (tertiary/aromatic N) is 1. The van der Waals surface area contributed by atoms with Crippen molar-refractivity contribution in [3.8, 4) is 0 Å². The summed E-state index contributed by atoms with van der Waals surface area (Å²) in [6, 6.07) is 7.16. The van der Waals surface area contributed by atoms with Crippen molar-refractivity contribution < 1.29 is 8.42 Å². The molecule has 1 aromatic rings. The van der Waals surface area contributed by atoms with Gasteiger partial charge in [-0.05, 0) is 31.0 Å². The van der Waals surface area contributed by atoms with E-state index in [0.717, 1.165) is 12.1 Å². The monoisotopic (exact) mass is 298 g/mol. The largest absolute Gasteiger partial charge is 0.313 e. The van der Waals surface area contributed by atoms with Crippen LogP contribution in [0, 0.1) is 5.92 Å². The smallest absolute Gasteiger partial charge is 0.243 e. The summed E-state index contributed by atoms with van der Waals surface area (Å²) in [5.74, 6) is 0.274. The molecule has 1 N–H and O–H groups in total. The zero-order valence-corrected chi connectivity index (χ0v) is 13.9. The normalized spacial score (nSPS) is 13.9. The molecule has 0 radical (unpaired) electrons. The van der Waals surface area contributed by atoms with E-state index in [9.17, 15) is 8.42 Å². The first-order chi connectivity index (χ1) is 9.32. The molecular formula is C15H26N2O2S. The van der Waals surface area contributed by atoms with Gasteiger partial charge in [0.05, 0.1) is 4.90 Å². The molecule has 114 valence electrons. The van der Waals surface area contributed by atoms with Gasteiger partial charge in [0.15, 0.2) is 0 Å². The van der Waals surface area contributed by atoms with Gasteiger partial charge in [0.2, 0.25) is 10.0 Å². The SMILES string of the molecule is CCNCc1ccccc1S(=O)(=O)N(C)C(C)C(C)C. The van der Waals surface area contributed by atoms with Crippen LogP contribution in [0.2, 0.25) is 0 Å². The van der Waals surface area contributed by atoms with E-state index in [1.54, 1.807) is 19.2 Å². The third-order valence-electron chi connectivity index (χ3n) is 3.73. The highest BCUT2D eigenvalue weighted by Gasteiger charge is 2.28. The Balaban J connectivity index is 3.15. The molecule has 0 aliphatic heterocycles. The fourth-order valence-electron chi connectivity index (χ4n) is 1.96. The van der Waals surface area contributed by atoms with Crippen LogP contribution < -0.4 is 5.32 Å². The minimum Gasteiger partial charge on any atom is -0.313 e. The van der Waals surface area contributed by atoms with Gasteiger partial charge in [-0.2, -0.15) is 4.31 Å². The average molecular weight is 298 g/mol. The Labute approximate surface area is 123 Å². The van der Waals surface area contributed by atoms with Crippen LogP contribution in [0.1, 0.15) is 33.3 Å². The minimum absolute atomic E-state index is 0.0350. The quantitative estimate of drug-likeness (QED) is 0.841. The van der Waals surface area contributed by atoms with Crippen LogP contribution in [0.5, 0.6) is 0 Å². The summed E-state index contributed by atoms with van der Waals surface area (Å²) in [4.78, 5) is 0.399. The molecule has 0 bridgehead atoms. The van der Waals surface area contributed by atoms with E-state index >= 15 is 0 Å². The Morgan fingerprint density at radius 3 is 2.35 bits per heavy atom. The Morgan fingerprint density at radius 2 is 1.80 bits per heavy atom. The average Bonchev–Trinajstić information content (AvgIpc) is 2.43. The Bertz CT molecular complexity index is 526. The van der Waals surface area contributed by atoms with Gasteiger partial charge in [0, 0.05) is 19.6 Å². The van der Waals surface area contributed by atoms with Gasteiger partial charge in [-0.15, -0.1) is 0 Å². The Morgan fingerprint density at radius 1 is 1.20 bits per heavy atom. The third-order valence-corrected chi connectivity index (χ3v) is 5.78. The summed E-state index contributed by atoms with van der Waals surface area (Å²) in [7, 11) is -1.79. The Kier molecular flexibility index (Phi) is 6.17. The van der Waals surface area contributed by atoms with Gasteiger partial charge in [-0.25, -0.2) is 8.42 Å². The molecule has 1 aromatic carbocycles. The maximum Gasteiger partial charge on any atom is 0.243 e. The van der Waals surface area contributed by atoms with Crippen molar-refractivity contribution in [2.45, 2.75) is 45.2 Å². The number of benzene rings is 1. The summed E-state index contributed by atoms with van der Waals surface area (Å²) in [5.41, 5.74) is 0.817. The zero-order chi connectivity index (χ0) is 15.3. The summed E-state index contributed by atoms with van der Waals surface area (Å²) in [6.07, 6.45) is 0. The van der Waals surface area contributed by atoms with Crippen molar-refractivity contribution in [1.29, 1.82) is 0 Å². The first-order valence-electron chi connectivity index (χ1n) is 7.09. The molecule has 1 unspecified atom stereocenters. The topological polar surface area (TPSA) is 49.4 Å². The van der Waals surface area contributed by atoms with Gasteiger partial charge in [0.1, 0.15) is 0 Å².